The highest BCUT2D eigenvalue weighted by molar-refractivity contribution is 7.89. The lowest BCUT2D eigenvalue weighted by atomic mass is 9.99. The Morgan fingerprint density at radius 3 is 2.22 bits per heavy atom. The van der Waals surface area contributed by atoms with Crippen LogP contribution in [0, 0.1) is 0 Å². The predicted octanol–water partition coefficient (Wildman–Crippen LogP) is 2.11. The minimum atomic E-state index is 0.123. The van der Waals surface area contributed by atoms with Crippen LogP contribution in [0.15, 0.2) is 15.3 Å². The SMILES string of the molecule is CC1=CS(C)=NC1(C)C. The summed E-state index contributed by atoms with van der Waals surface area (Å²) >= 11 is 0. The van der Waals surface area contributed by atoms with E-state index in [1.807, 2.05) is 0 Å². The number of rotatable bonds is 0. The highest BCUT2D eigenvalue weighted by Gasteiger charge is 2.22. The Kier molecular flexibility index (Phi) is 1.51. The monoisotopic (exact) mass is 143 g/mol. The Labute approximate surface area is 59.3 Å². The summed E-state index contributed by atoms with van der Waals surface area (Å²) in [6.07, 6.45) is 2.15. The van der Waals surface area contributed by atoms with E-state index in [2.05, 4.69) is 36.8 Å². The minimum Gasteiger partial charge on any atom is -0.250 e. The maximum Gasteiger partial charge on any atom is 0.0838 e. The summed E-state index contributed by atoms with van der Waals surface area (Å²) in [5.74, 6) is 0. The van der Waals surface area contributed by atoms with Crippen LogP contribution in [0.5, 0.6) is 0 Å². The van der Waals surface area contributed by atoms with Crippen LogP contribution < -0.4 is 0 Å². The second-order valence-corrected chi connectivity index (χ2v) is 4.44. The first-order valence-electron chi connectivity index (χ1n) is 3.09. The van der Waals surface area contributed by atoms with Crippen LogP contribution in [0.3, 0.4) is 0 Å². The van der Waals surface area contributed by atoms with E-state index in [1.54, 1.807) is 0 Å². The molecule has 1 atom stereocenters. The van der Waals surface area contributed by atoms with E-state index < -0.39 is 0 Å². The van der Waals surface area contributed by atoms with Crippen molar-refractivity contribution in [3.63, 3.8) is 0 Å². The molecule has 0 aromatic heterocycles. The Morgan fingerprint density at radius 2 is 2.11 bits per heavy atom. The van der Waals surface area contributed by atoms with E-state index in [-0.39, 0.29) is 16.2 Å². The summed E-state index contributed by atoms with van der Waals surface area (Å²) < 4.78 is 4.54. The smallest absolute Gasteiger partial charge is 0.0838 e. The third-order valence-electron chi connectivity index (χ3n) is 1.68. The van der Waals surface area contributed by atoms with E-state index in [0.717, 1.165) is 0 Å². The minimum absolute atomic E-state index is 0.123. The molecule has 9 heavy (non-hydrogen) atoms. The maximum atomic E-state index is 4.54. The Balaban J connectivity index is 2.96. The molecule has 0 saturated heterocycles. The van der Waals surface area contributed by atoms with Gasteiger partial charge in [0.2, 0.25) is 0 Å². The van der Waals surface area contributed by atoms with Crippen LogP contribution in [0.1, 0.15) is 20.8 Å². The molecule has 1 unspecified atom stereocenters. The van der Waals surface area contributed by atoms with Gasteiger partial charge in [0.05, 0.1) is 5.54 Å². The zero-order valence-electron chi connectivity index (χ0n) is 6.43. The maximum absolute atomic E-state index is 4.54. The van der Waals surface area contributed by atoms with Crippen molar-refractivity contribution in [3.05, 3.63) is 11.0 Å². The lowest BCUT2D eigenvalue weighted by molar-refractivity contribution is 0.633. The molecule has 1 heterocycles. The normalized spacial score (nSPS) is 31.6. The fourth-order valence-electron chi connectivity index (χ4n) is 0.858. The van der Waals surface area contributed by atoms with Crippen molar-refractivity contribution in [2.24, 2.45) is 4.36 Å². The summed E-state index contributed by atoms with van der Waals surface area (Å²) in [7, 11) is 0.191. The number of hydrogen-bond donors (Lipinski definition) is 0. The molecule has 1 aliphatic rings. The van der Waals surface area contributed by atoms with E-state index in [1.165, 1.54) is 5.57 Å². The van der Waals surface area contributed by atoms with Gasteiger partial charge in [-0.1, -0.05) is 10.7 Å². The van der Waals surface area contributed by atoms with Crippen LogP contribution in [-0.4, -0.2) is 11.8 Å². The first-order valence-corrected chi connectivity index (χ1v) is 4.74. The first kappa shape index (κ1) is 7.00. The van der Waals surface area contributed by atoms with Gasteiger partial charge in [-0.15, -0.1) is 0 Å². The molecular weight excluding hydrogens is 130 g/mol. The van der Waals surface area contributed by atoms with Crippen LogP contribution in [0.2, 0.25) is 0 Å². The van der Waals surface area contributed by atoms with E-state index in [0.29, 0.717) is 0 Å². The molecule has 0 aromatic carbocycles. The van der Waals surface area contributed by atoms with Gasteiger partial charge in [0.1, 0.15) is 0 Å². The van der Waals surface area contributed by atoms with Crippen LogP contribution in [0.25, 0.3) is 0 Å². The molecule has 0 aliphatic carbocycles. The fraction of sp³-hybridized carbons (Fsp3) is 0.714. The van der Waals surface area contributed by atoms with Crippen molar-refractivity contribution in [1.82, 2.24) is 0 Å². The molecule has 1 aliphatic heterocycles. The quantitative estimate of drug-likeness (QED) is 0.492. The van der Waals surface area contributed by atoms with Crippen molar-refractivity contribution in [2.45, 2.75) is 26.3 Å². The van der Waals surface area contributed by atoms with Gasteiger partial charge in [-0.05, 0) is 38.0 Å². The van der Waals surface area contributed by atoms with Gasteiger partial charge in [0.15, 0.2) is 0 Å². The van der Waals surface area contributed by atoms with Gasteiger partial charge in [-0.2, -0.15) is 0 Å². The molecule has 0 amide bonds. The zero-order chi connectivity index (χ0) is 7.07. The summed E-state index contributed by atoms with van der Waals surface area (Å²) in [4.78, 5) is 0. The van der Waals surface area contributed by atoms with Gasteiger partial charge in [0, 0.05) is 0 Å². The van der Waals surface area contributed by atoms with E-state index in [9.17, 15) is 0 Å². The molecule has 0 fully saturated rings. The second kappa shape index (κ2) is 1.94. The molecule has 0 N–H and O–H groups in total. The van der Waals surface area contributed by atoms with Crippen molar-refractivity contribution in [3.8, 4) is 0 Å². The lowest BCUT2D eigenvalue weighted by Gasteiger charge is -2.14. The first-order chi connectivity index (χ1) is 4.02. The van der Waals surface area contributed by atoms with Crippen LogP contribution in [-0.2, 0) is 10.7 Å². The lowest BCUT2D eigenvalue weighted by Crippen LogP contribution is -2.14. The van der Waals surface area contributed by atoms with Crippen LogP contribution in [0.4, 0.5) is 0 Å². The molecule has 52 valence electrons. The third kappa shape index (κ3) is 1.23. The standard InChI is InChI=1S/C7H13NS/c1-6-5-9(4)8-7(6,2)3/h5H,1-4H3. The van der Waals surface area contributed by atoms with Crippen molar-refractivity contribution in [2.75, 3.05) is 6.26 Å². The number of nitrogens with zero attached hydrogens (tertiary/aromatic N) is 1. The van der Waals surface area contributed by atoms with Crippen molar-refractivity contribution < 1.29 is 0 Å². The third-order valence-corrected chi connectivity index (χ3v) is 3.12. The van der Waals surface area contributed by atoms with Crippen LogP contribution >= 0.6 is 0 Å². The van der Waals surface area contributed by atoms with Crippen molar-refractivity contribution >= 4 is 10.7 Å². The summed E-state index contributed by atoms with van der Waals surface area (Å²) in [6.45, 7) is 6.48. The Hall–Kier alpha value is -0.110. The average Bonchev–Trinajstić information content (AvgIpc) is 1.79. The van der Waals surface area contributed by atoms with Crippen molar-refractivity contribution in [1.29, 1.82) is 0 Å². The highest BCUT2D eigenvalue weighted by atomic mass is 32.2. The molecule has 1 rings (SSSR count). The topological polar surface area (TPSA) is 12.4 Å². The van der Waals surface area contributed by atoms with Gasteiger partial charge < -0.3 is 0 Å². The summed E-state index contributed by atoms with van der Waals surface area (Å²) in [6, 6.07) is 0. The molecule has 2 heteroatoms. The summed E-state index contributed by atoms with van der Waals surface area (Å²) in [5.41, 5.74) is 1.53. The molecule has 0 saturated carbocycles. The highest BCUT2D eigenvalue weighted by Crippen LogP contribution is 2.26. The zero-order valence-corrected chi connectivity index (χ0v) is 7.25. The fourth-order valence-corrected chi connectivity index (χ4v) is 2.58. The molecule has 1 nitrogen and oxygen atoms in total. The largest absolute Gasteiger partial charge is 0.250 e. The van der Waals surface area contributed by atoms with Gasteiger partial charge >= 0.3 is 0 Å². The average molecular weight is 143 g/mol. The van der Waals surface area contributed by atoms with E-state index in [4.69, 9.17) is 0 Å². The van der Waals surface area contributed by atoms with Gasteiger partial charge in [-0.25, -0.2) is 0 Å². The molecular formula is C7H13NS. The molecule has 0 aromatic rings. The molecule has 0 spiro atoms. The Bertz CT molecular complexity index is 189. The van der Waals surface area contributed by atoms with E-state index >= 15 is 0 Å². The second-order valence-electron chi connectivity index (χ2n) is 2.97. The number of hydrogen-bond acceptors (Lipinski definition) is 1. The Morgan fingerprint density at radius 1 is 1.56 bits per heavy atom. The predicted molar refractivity (Wildman–Crippen MR) is 43.6 cm³/mol. The summed E-state index contributed by atoms with van der Waals surface area (Å²) in [5, 5.41) is 2.25. The van der Waals surface area contributed by atoms with Gasteiger partial charge in [0.25, 0.3) is 0 Å². The molecule has 0 bridgehead atoms. The molecule has 0 radical (unpaired) electrons. The van der Waals surface area contributed by atoms with Gasteiger partial charge in [-0.3, -0.25) is 4.36 Å².